The number of benzene rings is 2. The molecule has 5 heteroatoms. The molecular formula is C20H21NO4. The second-order valence-corrected chi connectivity index (χ2v) is 6.16. The summed E-state index contributed by atoms with van der Waals surface area (Å²) in [7, 11) is 4.00. The fraction of sp³-hybridized carbons (Fsp3) is 0.250. The van der Waals surface area contributed by atoms with Crippen LogP contribution in [0.15, 0.2) is 57.7 Å². The number of hydrogen-bond donors (Lipinski definition) is 1. The fourth-order valence-corrected chi connectivity index (χ4v) is 2.64. The number of rotatable bonds is 6. The van der Waals surface area contributed by atoms with Crippen molar-refractivity contribution in [3.63, 3.8) is 0 Å². The third kappa shape index (κ3) is 4.00. The van der Waals surface area contributed by atoms with Crippen LogP contribution in [0.25, 0.3) is 22.3 Å². The van der Waals surface area contributed by atoms with E-state index in [1.54, 1.807) is 6.07 Å². The molecule has 130 valence electrons. The van der Waals surface area contributed by atoms with Crippen molar-refractivity contribution in [3.05, 3.63) is 58.8 Å². The van der Waals surface area contributed by atoms with E-state index in [2.05, 4.69) is 4.90 Å². The van der Waals surface area contributed by atoms with Crippen LogP contribution in [0.4, 0.5) is 0 Å². The van der Waals surface area contributed by atoms with E-state index in [0.717, 1.165) is 18.5 Å². The lowest BCUT2D eigenvalue weighted by atomic mass is 10.1. The van der Waals surface area contributed by atoms with Gasteiger partial charge in [0.15, 0.2) is 5.43 Å². The summed E-state index contributed by atoms with van der Waals surface area (Å²) in [6.07, 6.45) is 0.861. The highest BCUT2D eigenvalue weighted by Gasteiger charge is 2.12. The number of aromatic hydroxyl groups is 1. The van der Waals surface area contributed by atoms with Gasteiger partial charge in [0.2, 0.25) is 0 Å². The predicted molar refractivity (Wildman–Crippen MR) is 98.3 cm³/mol. The van der Waals surface area contributed by atoms with Crippen LogP contribution in [0.1, 0.15) is 6.42 Å². The Bertz CT molecular complexity index is 916. The monoisotopic (exact) mass is 339 g/mol. The van der Waals surface area contributed by atoms with E-state index in [1.807, 2.05) is 44.4 Å². The lowest BCUT2D eigenvalue weighted by molar-refractivity contribution is 0.280. The Hall–Kier alpha value is -2.79. The van der Waals surface area contributed by atoms with Crippen molar-refractivity contribution in [2.75, 3.05) is 27.2 Å². The molecule has 3 aromatic rings. The van der Waals surface area contributed by atoms with Gasteiger partial charge < -0.3 is 19.2 Å². The Labute approximate surface area is 146 Å². The smallest absolute Gasteiger partial charge is 0.197 e. The van der Waals surface area contributed by atoms with Crippen LogP contribution in [-0.4, -0.2) is 37.3 Å². The van der Waals surface area contributed by atoms with Crippen LogP contribution in [0, 0.1) is 0 Å². The van der Waals surface area contributed by atoms with Gasteiger partial charge in [0.05, 0.1) is 6.61 Å². The summed E-state index contributed by atoms with van der Waals surface area (Å²) in [4.78, 5) is 14.4. The standard InChI is InChI=1S/C20H21NO4/c1-21(2)9-6-10-24-15-11-16(22)20-17(23)13-18(25-19(20)12-15)14-7-4-3-5-8-14/h3-5,7-8,11-13,22H,6,9-10H2,1-2H3. The van der Waals surface area contributed by atoms with Gasteiger partial charge in [-0.2, -0.15) is 0 Å². The summed E-state index contributed by atoms with van der Waals surface area (Å²) in [6, 6.07) is 13.9. The Kier molecular flexibility index (Phi) is 5.05. The van der Waals surface area contributed by atoms with Gasteiger partial charge in [0.1, 0.15) is 28.2 Å². The molecule has 3 rings (SSSR count). The summed E-state index contributed by atoms with van der Waals surface area (Å²) in [5, 5.41) is 10.4. The molecule has 0 amide bonds. The SMILES string of the molecule is CN(C)CCCOc1cc(O)c2c(=O)cc(-c3ccccc3)oc2c1. The molecule has 0 unspecified atom stereocenters. The molecule has 1 heterocycles. The van der Waals surface area contributed by atoms with Gasteiger partial charge in [0, 0.05) is 30.3 Å². The van der Waals surface area contributed by atoms with Gasteiger partial charge in [-0.25, -0.2) is 0 Å². The van der Waals surface area contributed by atoms with Crippen LogP contribution in [-0.2, 0) is 0 Å². The molecule has 0 aliphatic heterocycles. The molecule has 1 aromatic heterocycles. The molecule has 0 aliphatic rings. The molecule has 0 atom stereocenters. The zero-order chi connectivity index (χ0) is 17.8. The highest BCUT2D eigenvalue weighted by molar-refractivity contribution is 5.86. The van der Waals surface area contributed by atoms with Crippen molar-refractivity contribution < 1.29 is 14.3 Å². The molecule has 0 saturated carbocycles. The third-order valence-corrected chi connectivity index (χ3v) is 3.86. The Morgan fingerprint density at radius 1 is 1.12 bits per heavy atom. The van der Waals surface area contributed by atoms with Gasteiger partial charge in [-0.3, -0.25) is 4.79 Å². The first-order valence-corrected chi connectivity index (χ1v) is 8.18. The Morgan fingerprint density at radius 2 is 1.88 bits per heavy atom. The normalized spacial score (nSPS) is 11.2. The first kappa shape index (κ1) is 17.0. The summed E-state index contributed by atoms with van der Waals surface area (Å²) in [6.45, 7) is 1.43. The maximum Gasteiger partial charge on any atom is 0.197 e. The number of fused-ring (bicyclic) bond motifs is 1. The highest BCUT2D eigenvalue weighted by Crippen LogP contribution is 2.31. The Morgan fingerprint density at radius 3 is 2.60 bits per heavy atom. The van der Waals surface area contributed by atoms with Crippen molar-refractivity contribution in [1.29, 1.82) is 0 Å². The fourth-order valence-electron chi connectivity index (χ4n) is 2.64. The van der Waals surface area contributed by atoms with Crippen molar-refractivity contribution in [1.82, 2.24) is 4.90 Å². The molecule has 0 bridgehead atoms. The maximum atomic E-state index is 12.4. The van der Waals surface area contributed by atoms with Crippen molar-refractivity contribution in [2.45, 2.75) is 6.42 Å². The average Bonchev–Trinajstić information content (AvgIpc) is 2.58. The lowest BCUT2D eigenvalue weighted by Gasteiger charge is -2.11. The topological polar surface area (TPSA) is 62.9 Å². The minimum absolute atomic E-state index is 0.131. The third-order valence-electron chi connectivity index (χ3n) is 3.86. The zero-order valence-corrected chi connectivity index (χ0v) is 14.4. The molecule has 0 saturated heterocycles. The molecule has 0 spiro atoms. The first-order valence-electron chi connectivity index (χ1n) is 8.18. The van der Waals surface area contributed by atoms with Crippen molar-refractivity contribution >= 4 is 11.0 Å². The van der Waals surface area contributed by atoms with Gasteiger partial charge in [-0.1, -0.05) is 30.3 Å². The van der Waals surface area contributed by atoms with Crippen molar-refractivity contribution in [3.8, 4) is 22.8 Å². The van der Waals surface area contributed by atoms with Crippen LogP contribution in [0.2, 0.25) is 0 Å². The summed E-state index contributed by atoms with van der Waals surface area (Å²) >= 11 is 0. The summed E-state index contributed by atoms with van der Waals surface area (Å²) < 4.78 is 11.5. The van der Waals surface area contributed by atoms with E-state index >= 15 is 0 Å². The molecular weight excluding hydrogens is 318 g/mol. The largest absolute Gasteiger partial charge is 0.507 e. The summed E-state index contributed by atoms with van der Waals surface area (Å²) in [5.41, 5.74) is 0.837. The van der Waals surface area contributed by atoms with E-state index in [-0.39, 0.29) is 16.6 Å². The minimum Gasteiger partial charge on any atom is -0.507 e. The van der Waals surface area contributed by atoms with Gasteiger partial charge in [0.25, 0.3) is 0 Å². The molecule has 0 radical (unpaired) electrons. The van der Waals surface area contributed by atoms with E-state index in [4.69, 9.17) is 9.15 Å². The zero-order valence-electron chi connectivity index (χ0n) is 14.4. The average molecular weight is 339 g/mol. The number of phenols is 1. The quantitative estimate of drug-likeness (QED) is 0.697. The van der Waals surface area contributed by atoms with Gasteiger partial charge in [-0.05, 0) is 20.5 Å². The second-order valence-electron chi connectivity index (χ2n) is 6.16. The maximum absolute atomic E-state index is 12.4. The Balaban J connectivity index is 1.94. The second kappa shape index (κ2) is 7.40. The summed E-state index contributed by atoms with van der Waals surface area (Å²) in [5.74, 6) is 0.813. The number of phenolic OH excluding ortho intramolecular Hbond substituents is 1. The lowest BCUT2D eigenvalue weighted by Crippen LogP contribution is -2.15. The van der Waals surface area contributed by atoms with E-state index < -0.39 is 0 Å². The van der Waals surface area contributed by atoms with Crippen LogP contribution >= 0.6 is 0 Å². The van der Waals surface area contributed by atoms with Crippen LogP contribution in [0.5, 0.6) is 11.5 Å². The van der Waals surface area contributed by atoms with Gasteiger partial charge in [-0.15, -0.1) is 0 Å². The highest BCUT2D eigenvalue weighted by atomic mass is 16.5. The minimum atomic E-state index is -0.281. The van der Waals surface area contributed by atoms with E-state index in [1.165, 1.54) is 12.1 Å². The molecule has 2 aromatic carbocycles. The van der Waals surface area contributed by atoms with Crippen molar-refractivity contribution in [2.24, 2.45) is 0 Å². The van der Waals surface area contributed by atoms with E-state index in [9.17, 15) is 9.90 Å². The van der Waals surface area contributed by atoms with Crippen LogP contribution < -0.4 is 10.2 Å². The predicted octanol–water partition coefficient (Wildman–Crippen LogP) is 3.50. The number of hydrogen-bond acceptors (Lipinski definition) is 5. The number of nitrogens with zero attached hydrogens (tertiary/aromatic N) is 1. The first-order chi connectivity index (χ1) is 12.0. The molecule has 25 heavy (non-hydrogen) atoms. The molecule has 0 fully saturated rings. The molecule has 1 N–H and O–H groups in total. The molecule has 0 aliphatic carbocycles. The molecule has 5 nitrogen and oxygen atoms in total. The van der Waals surface area contributed by atoms with Gasteiger partial charge >= 0.3 is 0 Å². The van der Waals surface area contributed by atoms with E-state index in [0.29, 0.717) is 23.7 Å². The van der Waals surface area contributed by atoms with Crippen LogP contribution in [0.3, 0.4) is 0 Å². The number of ether oxygens (including phenoxy) is 1.